The van der Waals surface area contributed by atoms with Crippen LogP contribution < -0.4 is 10.6 Å². The van der Waals surface area contributed by atoms with Gasteiger partial charge in [0, 0.05) is 24.9 Å². The molecule has 2 aliphatic rings. The summed E-state index contributed by atoms with van der Waals surface area (Å²) in [7, 11) is 1.89. The minimum absolute atomic E-state index is 0. The van der Waals surface area contributed by atoms with Crippen molar-refractivity contribution in [3.63, 3.8) is 0 Å². The molecule has 0 spiro atoms. The number of hydrogen-bond donors (Lipinski definition) is 2. The second-order valence-electron chi connectivity index (χ2n) is 7.19. The van der Waals surface area contributed by atoms with Crippen molar-refractivity contribution in [1.29, 1.82) is 0 Å². The lowest BCUT2D eigenvalue weighted by Crippen LogP contribution is -2.42. The molecular weight excluding hydrogens is 443 g/mol. The van der Waals surface area contributed by atoms with Crippen LogP contribution in [0.5, 0.6) is 0 Å². The summed E-state index contributed by atoms with van der Waals surface area (Å²) in [5, 5.41) is 7.96. The summed E-state index contributed by atoms with van der Waals surface area (Å²) in [5.41, 5.74) is 0. The van der Waals surface area contributed by atoms with Crippen molar-refractivity contribution in [3.8, 4) is 0 Å². The molecule has 0 bridgehead atoms. The largest absolute Gasteiger partial charge is 0.356 e. The van der Waals surface area contributed by atoms with Crippen molar-refractivity contribution < 1.29 is 0 Å². The van der Waals surface area contributed by atoms with Crippen molar-refractivity contribution in [2.24, 2.45) is 4.99 Å². The minimum Gasteiger partial charge on any atom is -0.356 e. The third-order valence-electron chi connectivity index (χ3n) is 5.24. The fourth-order valence-electron chi connectivity index (χ4n) is 3.87. The molecule has 1 saturated carbocycles. The maximum atomic E-state index is 4.39. The second kappa shape index (κ2) is 14.4. The molecule has 2 rings (SSSR count). The standard InChI is InChI=1S/C19H38N4S.HI/c1-3-24-18-11-10-17(16-18)22-19(20-2)21-12-6-4-7-13-23-14-8-5-9-15-23;/h17-18H,3-16H2,1-2H3,(H2,20,21,22);1H. The number of nitrogens with one attached hydrogen (secondary N) is 2. The lowest BCUT2D eigenvalue weighted by Gasteiger charge is -2.26. The van der Waals surface area contributed by atoms with E-state index in [9.17, 15) is 0 Å². The van der Waals surface area contributed by atoms with Crippen LogP contribution in [0.1, 0.15) is 64.7 Å². The first-order chi connectivity index (χ1) is 11.8. The summed E-state index contributed by atoms with van der Waals surface area (Å²) in [5.74, 6) is 2.24. The third kappa shape index (κ3) is 9.70. The molecule has 1 heterocycles. The van der Waals surface area contributed by atoms with Gasteiger partial charge >= 0.3 is 0 Å². The third-order valence-corrected chi connectivity index (χ3v) is 6.48. The number of hydrogen-bond acceptors (Lipinski definition) is 3. The smallest absolute Gasteiger partial charge is 0.191 e. The zero-order valence-corrected chi connectivity index (χ0v) is 19.4. The number of thioether (sulfide) groups is 1. The average molecular weight is 483 g/mol. The van der Waals surface area contributed by atoms with E-state index < -0.39 is 0 Å². The maximum absolute atomic E-state index is 4.39. The lowest BCUT2D eigenvalue weighted by atomic mass is 10.1. The van der Waals surface area contributed by atoms with Crippen LogP contribution in [0.25, 0.3) is 0 Å². The summed E-state index contributed by atoms with van der Waals surface area (Å²) in [6.07, 6.45) is 12.1. The molecule has 4 nitrogen and oxygen atoms in total. The van der Waals surface area contributed by atoms with Crippen LogP contribution in [0, 0.1) is 0 Å². The Morgan fingerprint density at radius 2 is 1.92 bits per heavy atom. The summed E-state index contributed by atoms with van der Waals surface area (Å²) < 4.78 is 0. The molecule has 1 aliphatic heterocycles. The van der Waals surface area contributed by atoms with Crippen molar-refractivity contribution in [1.82, 2.24) is 15.5 Å². The van der Waals surface area contributed by atoms with Crippen LogP contribution in [-0.2, 0) is 0 Å². The molecule has 2 N–H and O–H groups in total. The fourth-order valence-corrected chi connectivity index (χ4v) is 5.02. The van der Waals surface area contributed by atoms with Crippen molar-refractivity contribution in [2.75, 3.05) is 39.0 Å². The van der Waals surface area contributed by atoms with Crippen LogP contribution in [0.15, 0.2) is 4.99 Å². The van der Waals surface area contributed by atoms with Gasteiger partial charge in [-0.1, -0.05) is 19.8 Å². The summed E-state index contributed by atoms with van der Waals surface area (Å²) >= 11 is 2.11. The van der Waals surface area contributed by atoms with E-state index in [1.807, 2.05) is 7.05 Å². The number of halogens is 1. The Morgan fingerprint density at radius 1 is 1.12 bits per heavy atom. The minimum atomic E-state index is 0. The van der Waals surface area contributed by atoms with Gasteiger partial charge in [0.25, 0.3) is 0 Å². The van der Waals surface area contributed by atoms with E-state index in [-0.39, 0.29) is 24.0 Å². The van der Waals surface area contributed by atoms with Crippen LogP contribution in [0.3, 0.4) is 0 Å². The Labute approximate surface area is 176 Å². The van der Waals surface area contributed by atoms with Gasteiger partial charge in [-0.05, 0) is 70.3 Å². The van der Waals surface area contributed by atoms with Gasteiger partial charge in [0.1, 0.15) is 0 Å². The molecule has 2 atom stereocenters. The van der Waals surface area contributed by atoms with Crippen LogP contribution >= 0.6 is 35.7 Å². The highest BCUT2D eigenvalue weighted by Crippen LogP contribution is 2.29. The summed E-state index contributed by atoms with van der Waals surface area (Å²) in [6.45, 7) is 7.25. The SMILES string of the molecule is CCSC1CCC(NC(=NC)NCCCCCN2CCCCC2)C1.I. The fraction of sp³-hybridized carbons (Fsp3) is 0.947. The van der Waals surface area contributed by atoms with Gasteiger partial charge in [0.2, 0.25) is 0 Å². The van der Waals surface area contributed by atoms with E-state index >= 15 is 0 Å². The molecule has 0 aromatic heterocycles. The average Bonchev–Trinajstić information content (AvgIpc) is 3.05. The van der Waals surface area contributed by atoms with Gasteiger partial charge in [0.05, 0.1) is 0 Å². The normalized spacial score (nSPS) is 24.8. The van der Waals surface area contributed by atoms with Crippen LogP contribution in [0.4, 0.5) is 0 Å². The van der Waals surface area contributed by atoms with Gasteiger partial charge in [-0.25, -0.2) is 0 Å². The number of unbranched alkanes of at least 4 members (excludes halogenated alkanes) is 2. The molecule has 0 radical (unpaired) electrons. The molecule has 0 aromatic carbocycles. The zero-order valence-electron chi connectivity index (χ0n) is 16.3. The molecule has 6 heteroatoms. The molecular formula is C19H39IN4S. The van der Waals surface area contributed by atoms with E-state index in [0.717, 1.165) is 17.8 Å². The quantitative estimate of drug-likeness (QED) is 0.225. The van der Waals surface area contributed by atoms with Crippen LogP contribution in [0.2, 0.25) is 0 Å². The second-order valence-corrected chi connectivity index (χ2v) is 8.77. The molecule has 0 amide bonds. The number of likely N-dealkylation sites (tertiary alicyclic amines) is 1. The highest BCUT2D eigenvalue weighted by atomic mass is 127. The monoisotopic (exact) mass is 482 g/mol. The van der Waals surface area contributed by atoms with Crippen LogP contribution in [-0.4, -0.2) is 61.1 Å². The van der Waals surface area contributed by atoms with E-state index in [2.05, 4.69) is 39.2 Å². The Balaban J connectivity index is 0.00000312. The first-order valence-corrected chi connectivity index (χ1v) is 11.2. The maximum Gasteiger partial charge on any atom is 0.191 e. The Morgan fingerprint density at radius 3 is 2.64 bits per heavy atom. The van der Waals surface area contributed by atoms with Crippen molar-refractivity contribution in [2.45, 2.75) is 76.0 Å². The van der Waals surface area contributed by atoms with Gasteiger partial charge in [-0.3, -0.25) is 4.99 Å². The van der Waals surface area contributed by atoms with E-state index in [1.54, 1.807) is 0 Å². The highest BCUT2D eigenvalue weighted by Gasteiger charge is 2.24. The number of nitrogens with zero attached hydrogens (tertiary/aromatic N) is 2. The molecule has 1 saturated heterocycles. The number of rotatable bonds is 9. The predicted molar refractivity (Wildman–Crippen MR) is 124 cm³/mol. The first-order valence-electron chi connectivity index (χ1n) is 10.1. The van der Waals surface area contributed by atoms with E-state index in [1.165, 1.54) is 83.2 Å². The zero-order chi connectivity index (χ0) is 17.0. The summed E-state index contributed by atoms with van der Waals surface area (Å²) in [6, 6.07) is 0.611. The molecule has 25 heavy (non-hydrogen) atoms. The van der Waals surface area contributed by atoms with Gasteiger partial charge < -0.3 is 15.5 Å². The molecule has 2 fully saturated rings. The molecule has 148 valence electrons. The lowest BCUT2D eigenvalue weighted by molar-refractivity contribution is 0.224. The van der Waals surface area contributed by atoms with Crippen molar-refractivity contribution in [3.05, 3.63) is 0 Å². The number of aliphatic imine (C=N–C) groups is 1. The van der Waals surface area contributed by atoms with Gasteiger partial charge in [-0.15, -0.1) is 24.0 Å². The molecule has 2 unspecified atom stereocenters. The van der Waals surface area contributed by atoms with Gasteiger partial charge in [0.15, 0.2) is 5.96 Å². The Kier molecular flexibility index (Phi) is 13.4. The highest BCUT2D eigenvalue weighted by molar-refractivity contribution is 14.0. The number of piperidine rings is 1. The Bertz CT molecular complexity index is 361. The molecule has 0 aromatic rings. The topological polar surface area (TPSA) is 39.7 Å². The Hall–Kier alpha value is 0.310. The van der Waals surface area contributed by atoms with E-state index in [4.69, 9.17) is 0 Å². The predicted octanol–water partition coefficient (Wildman–Crippen LogP) is 4.10. The molecule has 1 aliphatic carbocycles. The van der Waals surface area contributed by atoms with Crippen molar-refractivity contribution >= 4 is 41.7 Å². The van der Waals surface area contributed by atoms with E-state index in [0.29, 0.717) is 6.04 Å². The number of guanidine groups is 1. The van der Waals surface area contributed by atoms with Gasteiger partial charge in [-0.2, -0.15) is 11.8 Å². The first kappa shape index (κ1) is 23.3. The summed E-state index contributed by atoms with van der Waals surface area (Å²) in [4.78, 5) is 7.03.